The molecule has 2 heterocycles. The Hall–Kier alpha value is -3.77. The molecule has 160 valence electrons. The molecule has 4 radical (unpaired) electrons. The summed E-state index contributed by atoms with van der Waals surface area (Å²) < 4.78 is 6.39. The van der Waals surface area contributed by atoms with Gasteiger partial charge in [0.2, 0.25) is 0 Å². The van der Waals surface area contributed by atoms with Crippen LogP contribution in [0.15, 0.2) is 83.4 Å². The lowest BCUT2D eigenvalue weighted by molar-refractivity contribution is 0.358. The van der Waals surface area contributed by atoms with Crippen molar-refractivity contribution in [1.29, 1.82) is 5.26 Å². The third kappa shape index (κ3) is 3.42. The molecule has 3 aromatic carbocycles. The van der Waals surface area contributed by atoms with Crippen molar-refractivity contribution in [3.8, 4) is 28.5 Å². The second-order valence-electron chi connectivity index (χ2n) is 9.68. The van der Waals surface area contributed by atoms with Gasteiger partial charge in [0.1, 0.15) is 17.2 Å². The zero-order valence-electron chi connectivity index (χ0n) is 19.5. The smallest absolute Gasteiger partial charge is 0.153 e. The number of nitrogens with zero attached hydrogens (tertiary/aromatic N) is 2. The van der Waals surface area contributed by atoms with Gasteiger partial charge in [0.15, 0.2) is 5.58 Å². The van der Waals surface area contributed by atoms with E-state index in [2.05, 4.69) is 11.1 Å². The van der Waals surface area contributed by atoms with Crippen molar-refractivity contribution in [2.45, 2.75) is 26.0 Å². The van der Waals surface area contributed by atoms with Crippen LogP contribution in [0.5, 0.6) is 0 Å². The van der Waals surface area contributed by atoms with Crippen LogP contribution >= 0.6 is 0 Å². The van der Waals surface area contributed by atoms with Gasteiger partial charge in [-0.2, -0.15) is 5.26 Å². The normalized spacial score (nSPS) is 12.2. The summed E-state index contributed by atoms with van der Waals surface area (Å²) in [6.07, 6.45) is 1.72. The van der Waals surface area contributed by atoms with E-state index in [1.807, 2.05) is 93.6 Å². The topological polar surface area (TPSA) is 49.8 Å². The van der Waals surface area contributed by atoms with Crippen molar-refractivity contribution in [1.82, 2.24) is 4.98 Å². The zero-order chi connectivity index (χ0) is 24.1. The molecule has 2 aromatic heterocycles. The maximum Gasteiger partial charge on any atom is 0.153 e. The molecule has 0 aliphatic rings. The molecule has 0 fully saturated rings. The fourth-order valence-corrected chi connectivity index (χ4v) is 4.30. The fourth-order valence-electron chi connectivity index (χ4n) is 4.30. The SMILES string of the molecule is [B]C([B])(c1ccnc(-c2cccc3c2oc2c(C#N)c(-c4ccccc4)ccc23)c1)C(C)(C)C. The van der Waals surface area contributed by atoms with Crippen molar-refractivity contribution in [3.05, 3.63) is 90.1 Å². The van der Waals surface area contributed by atoms with Gasteiger partial charge in [0.05, 0.1) is 21.4 Å². The number of nitriles is 1. The number of hydrogen-bond acceptors (Lipinski definition) is 3. The van der Waals surface area contributed by atoms with Crippen LogP contribution in [0.1, 0.15) is 31.9 Å². The molecular formula is C29H22B2N2O. The number of furan rings is 1. The molecule has 0 saturated heterocycles. The van der Waals surface area contributed by atoms with Crippen LogP contribution in [0.4, 0.5) is 0 Å². The number of rotatable bonds is 3. The number of aromatic nitrogens is 1. The Balaban J connectivity index is 1.74. The van der Waals surface area contributed by atoms with E-state index in [9.17, 15) is 5.26 Å². The van der Waals surface area contributed by atoms with Gasteiger partial charge in [-0.25, -0.2) is 0 Å². The van der Waals surface area contributed by atoms with Gasteiger partial charge < -0.3 is 4.42 Å². The first-order valence-corrected chi connectivity index (χ1v) is 11.2. The molecule has 0 unspecified atom stereocenters. The van der Waals surface area contributed by atoms with E-state index in [4.69, 9.17) is 20.1 Å². The molecule has 0 aliphatic heterocycles. The van der Waals surface area contributed by atoms with Crippen LogP contribution in [0.2, 0.25) is 0 Å². The lowest BCUT2D eigenvalue weighted by Crippen LogP contribution is -2.41. The van der Waals surface area contributed by atoms with E-state index in [-0.39, 0.29) is 5.41 Å². The van der Waals surface area contributed by atoms with Crippen LogP contribution in [-0.4, -0.2) is 20.7 Å². The summed E-state index contributed by atoms with van der Waals surface area (Å²) in [5, 5.41) is 10.8. The van der Waals surface area contributed by atoms with Gasteiger partial charge in [-0.3, -0.25) is 4.98 Å². The molecule has 0 amide bonds. The van der Waals surface area contributed by atoms with Gasteiger partial charge in [0.25, 0.3) is 0 Å². The van der Waals surface area contributed by atoms with Gasteiger partial charge >= 0.3 is 0 Å². The zero-order valence-corrected chi connectivity index (χ0v) is 19.5. The predicted molar refractivity (Wildman–Crippen MR) is 140 cm³/mol. The van der Waals surface area contributed by atoms with E-state index < -0.39 is 5.21 Å². The third-order valence-electron chi connectivity index (χ3n) is 6.62. The van der Waals surface area contributed by atoms with Gasteiger partial charge in [-0.15, -0.1) is 0 Å². The monoisotopic (exact) mass is 436 g/mol. The highest BCUT2D eigenvalue weighted by atomic mass is 16.3. The molecule has 0 N–H and O–H groups in total. The van der Waals surface area contributed by atoms with Crippen LogP contribution < -0.4 is 0 Å². The third-order valence-corrected chi connectivity index (χ3v) is 6.62. The molecule has 0 bridgehead atoms. The van der Waals surface area contributed by atoms with E-state index in [0.717, 1.165) is 33.0 Å². The molecule has 0 atom stereocenters. The summed E-state index contributed by atoms with van der Waals surface area (Å²) in [4.78, 5) is 4.60. The molecular weight excluding hydrogens is 414 g/mol. The second kappa shape index (κ2) is 7.92. The molecule has 0 aliphatic carbocycles. The highest BCUT2D eigenvalue weighted by Crippen LogP contribution is 2.41. The lowest BCUT2D eigenvalue weighted by Gasteiger charge is -2.40. The van der Waals surface area contributed by atoms with Crippen LogP contribution in [-0.2, 0) is 5.21 Å². The van der Waals surface area contributed by atoms with Crippen molar-refractivity contribution >= 4 is 37.6 Å². The minimum absolute atomic E-state index is 0.355. The Morgan fingerprint density at radius 2 is 1.56 bits per heavy atom. The molecule has 0 saturated carbocycles. The second-order valence-corrected chi connectivity index (χ2v) is 9.68. The summed E-state index contributed by atoms with van der Waals surface area (Å²) in [6, 6.07) is 25.9. The van der Waals surface area contributed by atoms with Gasteiger partial charge in [-0.05, 0) is 35.2 Å². The molecule has 5 heteroatoms. The maximum atomic E-state index is 10.0. The molecule has 5 aromatic rings. The molecule has 3 nitrogen and oxygen atoms in total. The van der Waals surface area contributed by atoms with E-state index in [1.54, 1.807) is 6.20 Å². The van der Waals surface area contributed by atoms with Gasteiger partial charge in [-0.1, -0.05) is 80.1 Å². The predicted octanol–water partition coefficient (Wildman–Crippen LogP) is 6.72. The summed E-state index contributed by atoms with van der Waals surface area (Å²) >= 11 is 0. The lowest BCUT2D eigenvalue weighted by atomic mass is 9.41. The standard InChI is InChI=1S/C29H22B2N2O/c1-28(2,3)29(30,31)19-14-15-33-25(16-19)23-11-7-10-21-22-13-12-20(18-8-5-4-6-9-18)24(17-32)27(22)34-26(21)23/h4-16H,1-3H3. The van der Waals surface area contributed by atoms with Crippen molar-refractivity contribution in [2.75, 3.05) is 0 Å². The molecule has 0 spiro atoms. The minimum Gasteiger partial charge on any atom is -0.454 e. The van der Waals surface area contributed by atoms with E-state index in [0.29, 0.717) is 22.4 Å². The highest BCUT2D eigenvalue weighted by Gasteiger charge is 2.33. The quantitative estimate of drug-likeness (QED) is 0.295. The first kappa shape index (κ1) is 22.0. The Bertz CT molecular complexity index is 1570. The first-order chi connectivity index (χ1) is 16.2. The Morgan fingerprint density at radius 3 is 2.26 bits per heavy atom. The fraction of sp³-hybridized carbons (Fsp3) is 0.172. The van der Waals surface area contributed by atoms with Crippen LogP contribution in [0, 0.1) is 16.7 Å². The summed E-state index contributed by atoms with van der Waals surface area (Å²) in [5.41, 5.74) is 5.57. The molecule has 5 rings (SSSR count). The summed E-state index contributed by atoms with van der Waals surface area (Å²) in [5.74, 6) is 0. The Labute approximate surface area is 202 Å². The Morgan fingerprint density at radius 1 is 0.824 bits per heavy atom. The van der Waals surface area contributed by atoms with Crippen molar-refractivity contribution in [2.24, 2.45) is 5.41 Å². The number of hydrogen-bond donors (Lipinski definition) is 0. The number of benzene rings is 3. The van der Waals surface area contributed by atoms with Crippen molar-refractivity contribution < 1.29 is 4.42 Å². The first-order valence-electron chi connectivity index (χ1n) is 11.2. The van der Waals surface area contributed by atoms with E-state index in [1.165, 1.54) is 0 Å². The molecule has 34 heavy (non-hydrogen) atoms. The average Bonchev–Trinajstić information content (AvgIpc) is 3.22. The van der Waals surface area contributed by atoms with Crippen molar-refractivity contribution in [3.63, 3.8) is 0 Å². The highest BCUT2D eigenvalue weighted by molar-refractivity contribution is 6.40. The average molecular weight is 436 g/mol. The van der Waals surface area contributed by atoms with E-state index >= 15 is 0 Å². The largest absolute Gasteiger partial charge is 0.454 e. The summed E-state index contributed by atoms with van der Waals surface area (Å²) in [6.45, 7) is 6.04. The maximum absolute atomic E-state index is 10.0. The number of para-hydroxylation sites is 1. The Kier molecular flexibility index (Phi) is 5.14. The number of pyridine rings is 1. The number of fused-ring (bicyclic) bond motifs is 3. The minimum atomic E-state index is -1.04. The van der Waals surface area contributed by atoms with Gasteiger partial charge in [0, 0.05) is 28.1 Å². The van der Waals surface area contributed by atoms with Crippen LogP contribution in [0.25, 0.3) is 44.3 Å². The van der Waals surface area contributed by atoms with Crippen LogP contribution in [0.3, 0.4) is 0 Å². The summed E-state index contributed by atoms with van der Waals surface area (Å²) in [7, 11) is 13.1.